The maximum atomic E-state index is 11.7. The lowest BCUT2D eigenvalue weighted by atomic mass is 9.98. The molecule has 0 bridgehead atoms. The number of piperidine rings is 1. The fraction of sp³-hybridized carbons (Fsp3) is 0.938. The second-order valence-electron chi connectivity index (χ2n) is 5.87. The van der Waals surface area contributed by atoms with Crippen molar-refractivity contribution >= 4 is 5.91 Å². The molecule has 0 unspecified atom stereocenters. The first-order chi connectivity index (χ1) is 9.33. The number of nitrogens with one attached hydrogen (secondary N) is 2. The lowest BCUT2D eigenvalue weighted by Crippen LogP contribution is -2.35. The maximum Gasteiger partial charge on any atom is 0.220 e. The van der Waals surface area contributed by atoms with E-state index in [0.29, 0.717) is 5.92 Å². The second-order valence-corrected chi connectivity index (χ2v) is 5.87. The van der Waals surface area contributed by atoms with Gasteiger partial charge in [0.25, 0.3) is 0 Å². The summed E-state index contributed by atoms with van der Waals surface area (Å²) in [5.41, 5.74) is 0. The van der Waals surface area contributed by atoms with Crippen molar-refractivity contribution < 1.29 is 4.79 Å². The van der Waals surface area contributed by atoms with E-state index in [9.17, 15) is 4.79 Å². The minimum Gasteiger partial charge on any atom is -0.356 e. The predicted octanol–water partition coefficient (Wildman–Crippen LogP) is 3.24. The molecule has 1 saturated heterocycles. The van der Waals surface area contributed by atoms with Crippen LogP contribution in [0.3, 0.4) is 0 Å². The summed E-state index contributed by atoms with van der Waals surface area (Å²) >= 11 is 0. The minimum absolute atomic E-state index is 0.257. The molecule has 0 aliphatic carbocycles. The molecule has 19 heavy (non-hydrogen) atoms. The Morgan fingerprint density at radius 3 is 2.37 bits per heavy atom. The molecule has 1 heterocycles. The standard InChI is InChI=1S/C16H32N2O/c1-2-3-4-5-6-7-8-9-16(19)18-14-15-10-12-17-13-11-15/h15,17H,2-14H2,1H3,(H,18,19). The Morgan fingerprint density at radius 2 is 1.68 bits per heavy atom. The number of hydrogen-bond acceptors (Lipinski definition) is 2. The van der Waals surface area contributed by atoms with Gasteiger partial charge in [-0.1, -0.05) is 45.4 Å². The zero-order valence-electron chi connectivity index (χ0n) is 12.7. The van der Waals surface area contributed by atoms with E-state index in [1.54, 1.807) is 0 Å². The van der Waals surface area contributed by atoms with Crippen LogP contribution in [0.15, 0.2) is 0 Å². The van der Waals surface area contributed by atoms with Crippen molar-refractivity contribution in [3.63, 3.8) is 0 Å². The third-order valence-electron chi connectivity index (χ3n) is 4.05. The molecule has 3 heteroatoms. The molecule has 1 aliphatic rings. The summed E-state index contributed by atoms with van der Waals surface area (Å²) in [5.74, 6) is 0.950. The molecular formula is C16H32N2O. The van der Waals surface area contributed by atoms with E-state index in [2.05, 4.69) is 17.6 Å². The van der Waals surface area contributed by atoms with Crippen LogP contribution in [0.1, 0.15) is 71.1 Å². The van der Waals surface area contributed by atoms with Gasteiger partial charge in [0.05, 0.1) is 0 Å². The minimum atomic E-state index is 0.257. The molecular weight excluding hydrogens is 236 g/mol. The first-order valence-corrected chi connectivity index (χ1v) is 8.30. The quantitative estimate of drug-likeness (QED) is 0.597. The monoisotopic (exact) mass is 268 g/mol. The van der Waals surface area contributed by atoms with E-state index < -0.39 is 0 Å². The smallest absolute Gasteiger partial charge is 0.220 e. The Labute approximate surface area is 118 Å². The van der Waals surface area contributed by atoms with E-state index in [1.165, 1.54) is 51.4 Å². The number of unbranched alkanes of at least 4 members (excludes halogenated alkanes) is 6. The molecule has 112 valence electrons. The van der Waals surface area contributed by atoms with Crippen molar-refractivity contribution in [1.82, 2.24) is 10.6 Å². The van der Waals surface area contributed by atoms with Crippen molar-refractivity contribution in [3.05, 3.63) is 0 Å². The van der Waals surface area contributed by atoms with Gasteiger partial charge in [0.15, 0.2) is 0 Å². The van der Waals surface area contributed by atoms with E-state index >= 15 is 0 Å². The summed E-state index contributed by atoms with van der Waals surface area (Å²) in [6.45, 7) is 5.35. The Hall–Kier alpha value is -0.570. The Bertz CT molecular complexity index is 225. The van der Waals surface area contributed by atoms with Crippen LogP contribution in [0.2, 0.25) is 0 Å². The van der Waals surface area contributed by atoms with Crippen LogP contribution in [-0.4, -0.2) is 25.5 Å². The van der Waals surface area contributed by atoms with Gasteiger partial charge in [0.2, 0.25) is 5.91 Å². The van der Waals surface area contributed by atoms with E-state index in [1.807, 2.05) is 0 Å². The SMILES string of the molecule is CCCCCCCCCC(=O)NCC1CCNCC1. The van der Waals surface area contributed by atoms with Crippen molar-refractivity contribution in [3.8, 4) is 0 Å². The molecule has 0 atom stereocenters. The van der Waals surface area contributed by atoms with Gasteiger partial charge in [-0.05, 0) is 38.3 Å². The van der Waals surface area contributed by atoms with E-state index in [-0.39, 0.29) is 5.91 Å². The van der Waals surface area contributed by atoms with E-state index in [0.717, 1.165) is 32.5 Å². The average molecular weight is 268 g/mol. The fourth-order valence-electron chi connectivity index (χ4n) is 2.68. The van der Waals surface area contributed by atoms with Crippen LogP contribution in [0, 0.1) is 5.92 Å². The van der Waals surface area contributed by atoms with Crippen molar-refractivity contribution in [2.45, 2.75) is 71.1 Å². The Kier molecular flexibility index (Phi) is 9.78. The summed E-state index contributed by atoms with van der Waals surface area (Å²) in [6, 6.07) is 0. The lowest BCUT2D eigenvalue weighted by molar-refractivity contribution is -0.121. The van der Waals surface area contributed by atoms with Crippen LogP contribution in [0.4, 0.5) is 0 Å². The van der Waals surface area contributed by atoms with Gasteiger partial charge in [-0.25, -0.2) is 0 Å². The van der Waals surface area contributed by atoms with Gasteiger partial charge < -0.3 is 10.6 Å². The summed E-state index contributed by atoms with van der Waals surface area (Å²) in [5, 5.41) is 6.45. The molecule has 2 N–H and O–H groups in total. The summed E-state index contributed by atoms with van der Waals surface area (Å²) in [7, 11) is 0. The van der Waals surface area contributed by atoms with Crippen LogP contribution in [0.25, 0.3) is 0 Å². The molecule has 0 aromatic heterocycles. The highest BCUT2D eigenvalue weighted by molar-refractivity contribution is 5.75. The van der Waals surface area contributed by atoms with Crippen LogP contribution in [-0.2, 0) is 4.79 Å². The first kappa shape index (κ1) is 16.5. The van der Waals surface area contributed by atoms with Crippen molar-refractivity contribution in [2.75, 3.05) is 19.6 Å². The topological polar surface area (TPSA) is 41.1 Å². The van der Waals surface area contributed by atoms with Crippen LogP contribution >= 0.6 is 0 Å². The molecule has 0 saturated carbocycles. The molecule has 0 spiro atoms. The summed E-state index contributed by atoms with van der Waals surface area (Å²) < 4.78 is 0. The lowest BCUT2D eigenvalue weighted by Gasteiger charge is -2.22. The molecule has 1 fully saturated rings. The van der Waals surface area contributed by atoms with Crippen molar-refractivity contribution in [1.29, 1.82) is 0 Å². The second kappa shape index (κ2) is 11.3. The fourth-order valence-corrected chi connectivity index (χ4v) is 2.68. The summed E-state index contributed by atoms with van der Waals surface area (Å²) in [6.07, 6.45) is 12.1. The number of carbonyl (C=O) groups excluding carboxylic acids is 1. The number of rotatable bonds is 10. The molecule has 0 aromatic carbocycles. The highest BCUT2D eigenvalue weighted by Gasteiger charge is 2.13. The number of hydrogen-bond donors (Lipinski definition) is 2. The Balaban J connectivity index is 1.87. The zero-order valence-corrected chi connectivity index (χ0v) is 12.7. The predicted molar refractivity (Wildman–Crippen MR) is 81.2 cm³/mol. The molecule has 0 radical (unpaired) electrons. The van der Waals surface area contributed by atoms with Gasteiger partial charge in [0.1, 0.15) is 0 Å². The van der Waals surface area contributed by atoms with Gasteiger partial charge in [0, 0.05) is 13.0 Å². The summed E-state index contributed by atoms with van der Waals surface area (Å²) in [4.78, 5) is 11.7. The third-order valence-corrected chi connectivity index (χ3v) is 4.05. The number of carbonyl (C=O) groups is 1. The zero-order chi connectivity index (χ0) is 13.8. The molecule has 1 aliphatic heterocycles. The van der Waals surface area contributed by atoms with Gasteiger partial charge >= 0.3 is 0 Å². The molecule has 1 amide bonds. The normalized spacial score (nSPS) is 16.5. The maximum absolute atomic E-state index is 11.7. The Morgan fingerprint density at radius 1 is 1.05 bits per heavy atom. The average Bonchev–Trinajstić information content (AvgIpc) is 2.45. The molecule has 1 rings (SSSR count). The van der Waals surface area contributed by atoms with E-state index in [4.69, 9.17) is 0 Å². The van der Waals surface area contributed by atoms with Gasteiger partial charge in [-0.2, -0.15) is 0 Å². The van der Waals surface area contributed by atoms with Crippen LogP contribution < -0.4 is 10.6 Å². The van der Waals surface area contributed by atoms with Gasteiger partial charge in [-0.15, -0.1) is 0 Å². The largest absolute Gasteiger partial charge is 0.356 e. The molecule has 3 nitrogen and oxygen atoms in total. The molecule has 0 aromatic rings. The first-order valence-electron chi connectivity index (χ1n) is 8.30. The van der Waals surface area contributed by atoms with Crippen molar-refractivity contribution in [2.24, 2.45) is 5.92 Å². The number of amides is 1. The third kappa shape index (κ3) is 9.04. The highest BCUT2D eigenvalue weighted by atomic mass is 16.1. The van der Waals surface area contributed by atoms with Gasteiger partial charge in [-0.3, -0.25) is 4.79 Å². The van der Waals surface area contributed by atoms with Crippen LogP contribution in [0.5, 0.6) is 0 Å². The highest BCUT2D eigenvalue weighted by Crippen LogP contribution is 2.11.